The van der Waals surface area contributed by atoms with E-state index in [4.69, 9.17) is 15.0 Å². The number of carboxylic acids is 2. The minimum atomic E-state index is -5.08. The highest BCUT2D eigenvalue weighted by molar-refractivity contribution is 8.76. The first-order chi connectivity index (χ1) is 13.5. The van der Waals surface area contributed by atoms with Crippen molar-refractivity contribution in [2.24, 2.45) is 5.92 Å². The molecule has 4 N–H and O–H groups in total. The van der Waals surface area contributed by atoms with E-state index < -0.39 is 18.1 Å². The highest BCUT2D eigenvalue weighted by Crippen LogP contribution is 2.26. The number of carbonyl (C=O) groups excluding carboxylic acids is 1. The molecule has 1 heterocycles. The third-order valence-electron chi connectivity index (χ3n) is 3.80. The van der Waals surface area contributed by atoms with Crippen molar-refractivity contribution in [1.29, 1.82) is 0 Å². The van der Waals surface area contributed by atoms with Gasteiger partial charge in [0.2, 0.25) is 0 Å². The van der Waals surface area contributed by atoms with E-state index in [1.807, 2.05) is 0 Å². The minimum absolute atomic E-state index is 0.122. The number of carboxylic acid groups (broad SMARTS) is 2. The third kappa shape index (κ3) is 9.43. The number of aliphatic carboxylic acids is 2. The molecule has 0 spiro atoms. The standard InChI is InChI=1S/C14H21N3O3S2.C2HF3O2/c1-9-2-3-11-10(8-9)13(17-16-11)14(20)15-5-7-22-21-6-4-12(18)19;3-2(4,5)1(6)7/h9H,2-8H2,1H3,(H,15,20)(H,16,17)(H,18,19);(H,6,7). The lowest BCUT2D eigenvalue weighted by Crippen LogP contribution is -2.27. The molecule has 0 fully saturated rings. The summed E-state index contributed by atoms with van der Waals surface area (Å²) in [7, 11) is 3.09. The summed E-state index contributed by atoms with van der Waals surface area (Å²) in [4.78, 5) is 31.4. The molecule has 0 saturated heterocycles. The van der Waals surface area contributed by atoms with Gasteiger partial charge in [-0.3, -0.25) is 14.7 Å². The van der Waals surface area contributed by atoms with Gasteiger partial charge in [-0.1, -0.05) is 28.5 Å². The van der Waals surface area contributed by atoms with Crippen molar-refractivity contribution in [2.75, 3.05) is 18.1 Å². The molecule has 0 aliphatic heterocycles. The van der Waals surface area contributed by atoms with E-state index in [-0.39, 0.29) is 12.3 Å². The van der Waals surface area contributed by atoms with Crippen LogP contribution in [0, 0.1) is 5.92 Å². The zero-order chi connectivity index (χ0) is 22.0. The fourth-order valence-corrected chi connectivity index (χ4v) is 4.28. The Morgan fingerprint density at radius 1 is 1.24 bits per heavy atom. The summed E-state index contributed by atoms with van der Waals surface area (Å²) in [5.41, 5.74) is 2.70. The molecular formula is C16H22F3N3O5S2. The number of carbonyl (C=O) groups is 3. The predicted octanol–water partition coefficient (Wildman–Crippen LogP) is 2.75. The smallest absolute Gasteiger partial charge is 0.481 e. The Bertz CT molecular complexity index is 712. The molecule has 0 bridgehead atoms. The lowest BCUT2D eigenvalue weighted by molar-refractivity contribution is -0.192. The van der Waals surface area contributed by atoms with Gasteiger partial charge in [0.05, 0.1) is 6.42 Å². The first kappa shape index (κ1) is 25.1. The van der Waals surface area contributed by atoms with E-state index in [9.17, 15) is 22.8 Å². The van der Waals surface area contributed by atoms with Gasteiger partial charge >= 0.3 is 18.1 Å². The number of nitrogens with zero attached hydrogens (tertiary/aromatic N) is 1. The number of alkyl halides is 3. The summed E-state index contributed by atoms with van der Waals surface area (Å²) in [5.74, 6) is -1.73. The van der Waals surface area contributed by atoms with Crippen LogP contribution in [-0.4, -0.2) is 62.5 Å². The number of aromatic amines is 1. The molecule has 8 nitrogen and oxygen atoms in total. The molecule has 164 valence electrons. The first-order valence-corrected chi connectivity index (χ1v) is 11.1. The molecule has 0 saturated carbocycles. The van der Waals surface area contributed by atoms with Gasteiger partial charge in [0.1, 0.15) is 0 Å². The number of aromatic nitrogens is 2. The topological polar surface area (TPSA) is 132 Å². The van der Waals surface area contributed by atoms with E-state index in [0.29, 0.717) is 23.9 Å². The van der Waals surface area contributed by atoms with Crippen LogP contribution in [0.3, 0.4) is 0 Å². The molecule has 1 aromatic rings. The highest BCUT2D eigenvalue weighted by atomic mass is 33.1. The summed E-state index contributed by atoms with van der Waals surface area (Å²) < 4.78 is 31.7. The molecule has 1 atom stereocenters. The molecule has 1 aromatic heterocycles. The van der Waals surface area contributed by atoms with Crippen molar-refractivity contribution in [1.82, 2.24) is 15.5 Å². The SMILES string of the molecule is CC1CCc2[nH]nc(C(=O)NCCSSCCC(=O)O)c2C1.O=C(O)C(F)(F)F. The van der Waals surface area contributed by atoms with Crippen LogP contribution < -0.4 is 5.32 Å². The van der Waals surface area contributed by atoms with Gasteiger partial charge in [0.15, 0.2) is 5.69 Å². The lowest BCUT2D eigenvalue weighted by Gasteiger charge is -2.17. The quantitative estimate of drug-likeness (QED) is 0.346. The Labute approximate surface area is 172 Å². The van der Waals surface area contributed by atoms with Crippen LogP contribution in [0.2, 0.25) is 0 Å². The zero-order valence-electron chi connectivity index (χ0n) is 15.5. The monoisotopic (exact) mass is 457 g/mol. The van der Waals surface area contributed by atoms with Crippen molar-refractivity contribution < 1.29 is 37.8 Å². The Morgan fingerprint density at radius 3 is 2.45 bits per heavy atom. The first-order valence-electron chi connectivity index (χ1n) is 8.63. The highest BCUT2D eigenvalue weighted by Gasteiger charge is 2.38. The van der Waals surface area contributed by atoms with E-state index in [1.165, 1.54) is 10.8 Å². The number of amides is 1. The maximum absolute atomic E-state index is 12.2. The second-order valence-electron chi connectivity index (χ2n) is 6.22. The number of hydrogen-bond acceptors (Lipinski definition) is 6. The lowest BCUT2D eigenvalue weighted by atomic mass is 9.88. The molecule has 0 radical (unpaired) electrons. The van der Waals surface area contributed by atoms with Crippen LogP contribution in [0.4, 0.5) is 13.2 Å². The van der Waals surface area contributed by atoms with E-state index in [1.54, 1.807) is 10.8 Å². The average molecular weight is 457 g/mol. The fourth-order valence-electron chi connectivity index (χ4n) is 2.39. The van der Waals surface area contributed by atoms with Gasteiger partial charge in [-0.05, 0) is 25.2 Å². The van der Waals surface area contributed by atoms with Crippen LogP contribution in [0.5, 0.6) is 0 Å². The van der Waals surface area contributed by atoms with Gasteiger partial charge in [-0.15, -0.1) is 0 Å². The number of aryl methyl sites for hydroxylation is 1. The summed E-state index contributed by atoms with van der Waals surface area (Å²) >= 11 is 0. The zero-order valence-corrected chi connectivity index (χ0v) is 17.2. The molecule has 29 heavy (non-hydrogen) atoms. The predicted molar refractivity (Wildman–Crippen MR) is 103 cm³/mol. The Hall–Kier alpha value is -1.89. The molecule has 2 rings (SSSR count). The van der Waals surface area contributed by atoms with E-state index >= 15 is 0 Å². The van der Waals surface area contributed by atoms with Gasteiger partial charge in [-0.25, -0.2) is 4.79 Å². The Balaban J connectivity index is 0.000000516. The second-order valence-corrected chi connectivity index (χ2v) is 8.93. The summed E-state index contributed by atoms with van der Waals surface area (Å²) in [6, 6.07) is 0. The Morgan fingerprint density at radius 2 is 1.86 bits per heavy atom. The fraction of sp³-hybridized carbons (Fsp3) is 0.625. The van der Waals surface area contributed by atoms with Crippen LogP contribution in [0.25, 0.3) is 0 Å². The van der Waals surface area contributed by atoms with Crippen LogP contribution in [-0.2, 0) is 22.4 Å². The van der Waals surface area contributed by atoms with Gasteiger partial charge in [0.25, 0.3) is 5.91 Å². The molecular weight excluding hydrogens is 435 g/mol. The minimum Gasteiger partial charge on any atom is -0.481 e. The van der Waals surface area contributed by atoms with Crippen LogP contribution >= 0.6 is 21.6 Å². The van der Waals surface area contributed by atoms with Gasteiger partial charge in [-0.2, -0.15) is 18.3 Å². The molecule has 13 heteroatoms. The summed E-state index contributed by atoms with van der Waals surface area (Å²) in [6.45, 7) is 2.75. The van der Waals surface area contributed by atoms with Crippen molar-refractivity contribution in [3.05, 3.63) is 17.0 Å². The molecule has 1 unspecified atom stereocenters. The summed E-state index contributed by atoms with van der Waals surface area (Å²) in [6.07, 6.45) is -1.90. The van der Waals surface area contributed by atoms with Crippen LogP contribution in [0.1, 0.15) is 41.5 Å². The van der Waals surface area contributed by atoms with Crippen molar-refractivity contribution >= 4 is 39.4 Å². The summed E-state index contributed by atoms with van der Waals surface area (Å²) in [5, 5.41) is 25.7. The average Bonchev–Trinajstić information content (AvgIpc) is 3.03. The maximum atomic E-state index is 12.2. The normalized spacial score (nSPS) is 15.7. The van der Waals surface area contributed by atoms with E-state index in [0.717, 1.165) is 36.3 Å². The molecule has 0 aromatic carbocycles. The molecule has 1 amide bonds. The number of rotatable bonds is 8. The third-order valence-corrected chi connectivity index (χ3v) is 6.21. The largest absolute Gasteiger partial charge is 0.490 e. The van der Waals surface area contributed by atoms with E-state index in [2.05, 4.69) is 22.4 Å². The number of hydrogen-bond donors (Lipinski definition) is 4. The molecule has 1 aliphatic carbocycles. The van der Waals surface area contributed by atoms with Gasteiger partial charge in [0, 0.05) is 29.3 Å². The van der Waals surface area contributed by atoms with Crippen molar-refractivity contribution in [3.63, 3.8) is 0 Å². The maximum Gasteiger partial charge on any atom is 0.490 e. The Kier molecular flexibility index (Phi) is 10.4. The van der Waals surface area contributed by atoms with Crippen molar-refractivity contribution in [2.45, 2.75) is 38.8 Å². The molecule has 1 aliphatic rings. The number of nitrogens with one attached hydrogen (secondary N) is 2. The number of H-pyrrole nitrogens is 1. The van der Waals surface area contributed by atoms with Crippen LogP contribution in [0.15, 0.2) is 0 Å². The van der Waals surface area contributed by atoms with Crippen molar-refractivity contribution in [3.8, 4) is 0 Å². The number of fused-ring (bicyclic) bond motifs is 1. The second kappa shape index (κ2) is 12.0. The van der Waals surface area contributed by atoms with Gasteiger partial charge < -0.3 is 15.5 Å². The number of halogens is 3.